The van der Waals surface area contributed by atoms with E-state index in [4.69, 9.17) is 5.11 Å². The van der Waals surface area contributed by atoms with Gasteiger partial charge in [-0.1, -0.05) is 6.92 Å². The van der Waals surface area contributed by atoms with E-state index in [0.717, 1.165) is 4.88 Å². The van der Waals surface area contributed by atoms with Crippen molar-refractivity contribution in [3.8, 4) is 0 Å². The van der Waals surface area contributed by atoms with Crippen LogP contribution >= 0.6 is 11.3 Å². The van der Waals surface area contributed by atoms with E-state index in [1.54, 1.807) is 13.0 Å². The van der Waals surface area contributed by atoms with E-state index < -0.39 is 27.9 Å². The SMILES string of the molecule is Cc1cc(S(=O)(=O)NCCNC(=O)N(C)CC(C)C(=O)O)c(C)s1. The number of aliphatic carboxylic acids is 1. The minimum absolute atomic E-state index is 0.0464. The first-order valence-corrected chi connectivity index (χ1v) is 9.63. The largest absolute Gasteiger partial charge is 0.481 e. The van der Waals surface area contributed by atoms with Crippen molar-refractivity contribution in [2.45, 2.75) is 25.7 Å². The normalized spacial score (nSPS) is 12.7. The molecule has 1 heterocycles. The van der Waals surface area contributed by atoms with Crippen molar-refractivity contribution in [3.05, 3.63) is 15.8 Å². The molecule has 0 aliphatic heterocycles. The topological polar surface area (TPSA) is 116 Å². The first kappa shape index (κ1) is 20.4. The lowest BCUT2D eigenvalue weighted by molar-refractivity contribution is -0.141. The first-order chi connectivity index (χ1) is 11.0. The molecule has 0 aliphatic carbocycles. The summed E-state index contributed by atoms with van der Waals surface area (Å²) in [6.45, 7) is 5.31. The number of sulfonamides is 1. The fourth-order valence-electron chi connectivity index (χ4n) is 2.01. The summed E-state index contributed by atoms with van der Waals surface area (Å²) in [5.74, 6) is -1.66. The van der Waals surface area contributed by atoms with Crippen LogP contribution in [0.25, 0.3) is 0 Å². The van der Waals surface area contributed by atoms with Crippen molar-refractivity contribution in [2.75, 3.05) is 26.7 Å². The van der Waals surface area contributed by atoms with Gasteiger partial charge in [0.05, 0.1) is 10.8 Å². The fraction of sp³-hybridized carbons (Fsp3) is 0.571. The highest BCUT2D eigenvalue weighted by molar-refractivity contribution is 7.89. The number of nitrogens with one attached hydrogen (secondary N) is 2. The lowest BCUT2D eigenvalue weighted by Gasteiger charge is -2.20. The molecular formula is C14H23N3O5S2. The Kier molecular flexibility index (Phi) is 7.18. The fourth-order valence-corrected chi connectivity index (χ4v) is 4.60. The minimum atomic E-state index is -3.60. The molecule has 0 aliphatic rings. The molecule has 0 radical (unpaired) electrons. The maximum atomic E-state index is 12.2. The van der Waals surface area contributed by atoms with Crippen LogP contribution in [0.5, 0.6) is 0 Å². The van der Waals surface area contributed by atoms with Gasteiger partial charge >= 0.3 is 12.0 Å². The maximum absolute atomic E-state index is 12.2. The molecule has 1 unspecified atom stereocenters. The number of hydrogen-bond donors (Lipinski definition) is 3. The van der Waals surface area contributed by atoms with Gasteiger partial charge in [0, 0.05) is 36.4 Å². The van der Waals surface area contributed by atoms with E-state index in [1.807, 2.05) is 6.92 Å². The molecule has 0 bridgehead atoms. The number of rotatable bonds is 8. The number of carboxylic acid groups (broad SMARTS) is 1. The first-order valence-electron chi connectivity index (χ1n) is 7.33. The third kappa shape index (κ3) is 5.77. The van der Waals surface area contributed by atoms with Gasteiger partial charge in [-0.2, -0.15) is 0 Å². The molecule has 0 spiro atoms. The number of amides is 2. The summed E-state index contributed by atoms with van der Waals surface area (Å²) in [6.07, 6.45) is 0. The van der Waals surface area contributed by atoms with Gasteiger partial charge in [0.1, 0.15) is 0 Å². The molecule has 1 aromatic heterocycles. The highest BCUT2D eigenvalue weighted by Crippen LogP contribution is 2.24. The predicted octanol–water partition coefficient (Wildman–Crippen LogP) is 1.01. The second-order valence-corrected chi connectivity index (χ2v) is 8.72. The number of carboxylic acids is 1. The summed E-state index contributed by atoms with van der Waals surface area (Å²) < 4.78 is 26.8. The second-order valence-electron chi connectivity index (χ2n) is 5.53. The predicted molar refractivity (Wildman–Crippen MR) is 91.8 cm³/mol. The van der Waals surface area contributed by atoms with E-state index in [1.165, 1.54) is 30.2 Å². The standard InChI is InChI=1S/C14H23N3O5S2/c1-9(13(18)19)8-17(4)14(20)15-5-6-16-24(21,22)12-7-10(2)23-11(12)3/h7,9,16H,5-6,8H2,1-4H3,(H,15,20)(H,18,19). The summed E-state index contributed by atoms with van der Waals surface area (Å²) in [6, 6.07) is 1.16. The van der Waals surface area contributed by atoms with Gasteiger partial charge in [0.25, 0.3) is 0 Å². The van der Waals surface area contributed by atoms with Gasteiger partial charge in [0.15, 0.2) is 0 Å². The molecule has 0 saturated carbocycles. The monoisotopic (exact) mass is 377 g/mol. The molecule has 1 rings (SSSR count). The smallest absolute Gasteiger partial charge is 0.317 e. The molecule has 2 amide bonds. The second kappa shape index (κ2) is 8.45. The van der Waals surface area contributed by atoms with Crippen LogP contribution in [0, 0.1) is 19.8 Å². The third-order valence-electron chi connectivity index (χ3n) is 3.29. The number of urea groups is 1. The highest BCUT2D eigenvalue weighted by atomic mass is 32.2. The summed E-state index contributed by atoms with van der Waals surface area (Å²) in [4.78, 5) is 25.7. The van der Waals surface area contributed by atoms with Crippen LogP contribution in [-0.4, -0.2) is 57.1 Å². The molecule has 0 saturated heterocycles. The van der Waals surface area contributed by atoms with Crippen molar-refractivity contribution >= 4 is 33.4 Å². The average Bonchev–Trinajstić information content (AvgIpc) is 2.82. The molecule has 8 nitrogen and oxygen atoms in total. The van der Waals surface area contributed by atoms with Crippen molar-refractivity contribution in [3.63, 3.8) is 0 Å². The zero-order valence-corrected chi connectivity index (χ0v) is 15.8. The zero-order valence-electron chi connectivity index (χ0n) is 14.1. The summed E-state index contributed by atoms with van der Waals surface area (Å²) in [7, 11) is -2.12. The zero-order chi connectivity index (χ0) is 18.5. The Morgan fingerprint density at radius 1 is 1.33 bits per heavy atom. The Morgan fingerprint density at radius 3 is 2.46 bits per heavy atom. The van der Waals surface area contributed by atoms with Gasteiger partial charge in [-0.3, -0.25) is 4.79 Å². The number of carbonyl (C=O) groups excluding carboxylic acids is 1. The van der Waals surface area contributed by atoms with Crippen LogP contribution in [0.15, 0.2) is 11.0 Å². The van der Waals surface area contributed by atoms with Gasteiger partial charge in [-0.05, 0) is 19.9 Å². The Balaban J connectivity index is 2.44. The number of thiophene rings is 1. The van der Waals surface area contributed by atoms with Crippen LogP contribution in [0.3, 0.4) is 0 Å². The molecule has 10 heteroatoms. The van der Waals surface area contributed by atoms with Crippen LogP contribution < -0.4 is 10.0 Å². The lowest BCUT2D eigenvalue weighted by Crippen LogP contribution is -2.43. The molecule has 24 heavy (non-hydrogen) atoms. The van der Waals surface area contributed by atoms with Crippen LogP contribution in [0.4, 0.5) is 4.79 Å². The Morgan fingerprint density at radius 2 is 1.96 bits per heavy atom. The minimum Gasteiger partial charge on any atom is -0.481 e. The van der Waals surface area contributed by atoms with E-state index in [9.17, 15) is 18.0 Å². The van der Waals surface area contributed by atoms with Gasteiger partial charge < -0.3 is 15.3 Å². The quantitative estimate of drug-likeness (QED) is 0.585. The molecule has 136 valence electrons. The summed E-state index contributed by atoms with van der Waals surface area (Å²) in [5, 5.41) is 11.4. The number of hydrogen-bond acceptors (Lipinski definition) is 5. The van der Waals surface area contributed by atoms with E-state index in [0.29, 0.717) is 4.88 Å². The van der Waals surface area contributed by atoms with Crippen LogP contribution in [0.1, 0.15) is 16.7 Å². The molecule has 0 fully saturated rings. The maximum Gasteiger partial charge on any atom is 0.317 e. The van der Waals surface area contributed by atoms with Crippen LogP contribution in [0.2, 0.25) is 0 Å². The lowest BCUT2D eigenvalue weighted by atomic mass is 10.2. The molecular weight excluding hydrogens is 354 g/mol. The number of nitrogens with zero attached hydrogens (tertiary/aromatic N) is 1. The third-order valence-corrected chi connectivity index (χ3v) is 5.98. The number of aryl methyl sites for hydroxylation is 2. The van der Waals surface area contributed by atoms with Gasteiger partial charge in [-0.15, -0.1) is 11.3 Å². The molecule has 1 aromatic rings. The number of carbonyl (C=O) groups is 2. The Labute approximate surface area is 145 Å². The van der Waals surface area contributed by atoms with E-state index >= 15 is 0 Å². The van der Waals surface area contributed by atoms with Gasteiger partial charge in [-0.25, -0.2) is 17.9 Å². The van der Waals surface area contributed by atoms with Crippen molar-refractivity contribution in [2.24, 2.45) is 5.92 Å². The molecule has 1 atom stereocenters. The molecule has 0 aromatic carbocycles. The average molecular weight is 377 g/mol. The van der Waals surface area contributed by atoms with Crippen LogP contribution in [-0.2, 0) is 14.8 Å². The van der Waals surface area contributed by atoms with E-state index in [2.05, 4.69) is 10.0 Å². The van der Waals surface area contributed by atoms with Crippen molar-refractivity contribution < 1.29 is 23.1 Å². The summed E-state index contributed by atoms with van der Waals surface area (Å²) >= 11 is 1.41. The summed E-state index contributed by atoms with van der Waals surface area (Å²) in [5.41, 5.74) is 0. The highest BCUT2D eigenvalue weighted by Gasteiger charge is 2.19. The Bertz CT molecular complexity index is 699. The van der Waals surface area contributed by atoms with E-state index in [-0.39, 0.29) is 24.5 Å². The molecule has 3 N–H and O–H groups in total. The Hall–Kier alpha value is -1.65. The van der Waals surface area contributed by atoms with Gasteiger partial charge in [0.2, 0.25) is 10.0 Å². The van der Waals surface area contributed by atoms with Crippen molar-refractivity contribution in [1.82, 2.24) is 14.9 Å². The van der Waals surface area contributed by atoms with Crippen molar-refractivity contribution in [1.29, 1.82) is 0 Å².